The second-order valence-corrected chi connectivity index (χ2v) is 4.12. The fourth-order valence-corrected chi connectivity index (χ4v) is 1.78. The molecule has 3 heterocycles. The van der Waals surface area contributed by atoms with Gasteiger partial charge in [0, 0.05) is 18.0 Å². The lowest BCUT2D eigenvalue weighted by Gasteiger charge is -2.06. The third-order valence-electron chi connectivity index (χ3n) is 2.72. The van der Waals surface area contributed by atoms with Crippen molar-refractivity contribution in [3.05, 3.63) is 54.5 Å². The van der Waals surface area contributed by atoms with Crippen LogP contribution in [-0.2, 0) is 0 Å². The van der Waals surface area contributed by atoms with E-state index in [1.165, 1.54) is 0 Å². The predicted molar refractivity (Wildman–Crippen MR) is 71.0 cm³/mol. The van der Waals surface area contributed by atoms with E-state index >= 15 is 0 Å². The molecule has 0 unspecified atom stereocenters. The number of hydrogen-bond acceptors (Lipinski definition) is 5. The van der Waals surface area contributed by atoms with Crippen LogP contribution in [0.15, 0.2) is 48.9 Å². The van der Waals surface area contributed by atoms with Crippen molar-refractivity contribution in [3.63, 3.8) is 0 Å². The summed E-state index contributed by atoms with van der Waals surface area (Å²) in [5.74, 6) is 0. The molecule has 3 aromatic heterocycles. The first-order valence-electron chi connectivity index (χ1n) is 5.87. The van der Waals surface area contributed by atoms with Gasteiger partial charge in [0.1, 0.15) is 11.4 Å². The fraction of sp³-hybridized carbons (Fsp3) is 0.0714. The molecular weight excluding hydrogens is 238 g/mol. The van der Waals surface area contributed by atoms with Crippen LogP contribution in [-0.4, -0.2) is 25.4 Å². The second-order valence-electron chi connectivity index (χ2n) is 4.12. The van der Waals surface area contributed by atoms with Gasteiger partial charge in [-0.15, -0.1) is 10.2 Å². The minimum Gasteiger partial charge on any atom is -0.256 e. The Kier molecular flexibility index (Phi) is 2.94. The molecule has 19 heavy (non-hydrogen) atoms. The van der Waals surface area contributed by atoms with Gasteiger partial charge in [-0.25, -0.2) is 0 Å². The lowest BCUT2D eigenvalue weighted by Crippen LogP contribution is -1.96. The summed E-state index contributed by atoms with van der Waals surface area (Å²) in [6.45, 7) is 2.01. The van der Waals surface area contributed by atoms with Crippen LogP contribution in [0.1, 0.15) is 5.56 Å². The summed E-state index contributed by atoms with van der Waals surface area (Å²) < 4.78 is 0. The number of pyridine rings is 1. The van der Waals surface area contributed by atoms with Gasteiger partial charge >= 0.3 is 0 Å². The van der Waals surface area contributed by atoms with Crippen molar-refractivity contribution in [1.82, 2.24) is 25.4 Å². The number of hydrogen-bond donors (Lipinski definition) is 0. The van der Waals surface area contributed by atoms with E-state index in [9.17, 15) is 0 Å². The molecule has 0 bridgehead atoms. The maximum Gasteiger partial charge on any atom is 0.123 e. The highest BCUT2D eigenvalue weighted by molar-refractivity contribution is 5.76. The van der Waals surface area contributed by atoms with Crippen LogP contribution in [0, 0.1) is 6.92 Å². The number of rotatable bonds is 2. The molecule has 0 fully saturated rings. The Morgan fingerprint density at radius 1 is 0.842 bits per heavy atom. The summed E-state index contributed by atoms with van der Waals surface area (Å²) >= 11 is 0. The van der Waals surface area contributed by atoms with E-state index in [4.69, 9.17) is 0 Å². The van der Waals surface area contributed by atoms with Crippen LogP contribution in [0.5, 0.6) is 0 Å². The highest BCUT2D eigenvalue weighted by atomic mass is 15.1. The average molecular weight is 249 g/mol. The highest BCUT2D eigenvalue weighted by Crippen LogP contribution is 2.26. The third-order valence-corrected chi connectivity index (χ3v) is 2.72. The van der Waals surface area contributed by atoms with Crippen molar-refractivity contribution in [1.29, 1.82) is 0 Å². The van der Waals surface area contributed by atoms with Crippen LogP contribution < -0.4 is 0 Å². The molecule has 0 atom stereocenters. The number of nitrogens with zero attached hydrogens (tertiary/aromatic N) is 5. The third kappa shape index (κ3) is 2.30. The fourth-order valence-electron chi connectivity index (χ4n) is 1.78. The van der Waals surface area contributed by atoms with Gasteiger partial charge in [-0.2, -0.15) is 10.2 Å². The monoisotopic (exact) mass is 249 g/mol. The van der Waals surface area contributed by atoms with Crippen molar-refractivity contribution in [2.45, 2.75) is 6.92 Å². The molecular formula is C14H11N5. The molecule has 0 aromatic carbocycles. The molecule has 5 nitrogen and oxygen atoms in total. The van der Waals surface area contributed by atoms with Crippen LogP contribution in [0.2, 0.25) is 0 Å². The summed E-state index contributed by atoms with van der Waals surface area (Å²) in [5, 5.41) is 16.0. The Labute approximate surface area is 110 Å². The van der Waals surface area contributed by atoms with Crippen LogP contribution in [0.25, 0.3) is 22.6 Å². The van der Waals surface area contributed by atoms with Gasteiger partial charge < -0.3 is 0 Å². The minimum atomic E-state index is 0.687. The first-order valence-corrected chi connectivity index (χ1v) is 5.87. The maximum absolute atomic E-state index is 4.42. The van der Waals surface area contributed by atoms with Gasteiger partial charge in [-0.1, -0.05) is 6.07 Å². The van der Waals surface area contributed by atoms with Gasteiger partial charge in [0.05, 0.1) is 11.9 Å². The van der Waals surface area contributed by atoms with Crippen molar-refractivity contribution in [2.24, 2.45) is 0 Å². The zero-order valence-corrected chi connectivity index (χ0v) is 10.4. The van der Waals surface area contributed by atoms with E-state index in [1.54, 1.807) is 12.4 Å². The molecule has 0 spiro atoms. The van der Waals surface area contributed by atoms with E-state index in [1.807, 2.05) is 43.5 Å². The smallest absolute Gasteiger partial charge is 0.123 e. The molecule has 0 radical (unpaired) electrons. The Hall–Kier alpha value is -2.69. The van der Waals surface area contributed by atoms with Crippen LogP contribution in [0.3, 0.4) is 0 Å². The first kappa shape index (κ1) is 11.4. The highest BCUT2D eigenvalue weighted by Gasteiger charge is 2.11. The summed E-state index contributed by atoms with van der Waals surface area (Å²) in [4.78, 5) is 4.42. The molecule has 0 N–H and O–H groups in total. The number of aryl methyl sites for hydroxylation is 1. The molecule has 0 saturated heterocycles. The van der Waals surface area contributed by atoms with E-state index in [0.29, 0.717) is 11.4 Å². The summed E-state index contributed by atoms with van der Waals surface area (Å²) in [6.07, 6.45) is 5.11. The predicted octanol–water partition coefficient (Wildman–Crippen LogP) is 2.30. The average Bonchev–Trinajstić information content (AvgIpc) is 2.49. The largest absolute Gasteiger partial charge is 0.256 e. The van der Waals surface area contributed by atoms with Gasteiger partial charge in [0.25, 0.3) is 0 Å². The topological polar surface area (TPSA) is 64.5 Å². The lowest BCUT2D eigenvalue weighted by atomic mass is 10.1. The van der Waals surface area contributed by atoms with E-state index in [2.05, 4.69) is 25.4 Å². The first-order chi connectivity index (χ1) is 9.34. The molecule has 3 rings (SSSR count). The van der Waals surface area contributed by atoms with E-state index < -0.39 is 0 Å². The molecule has 5 heteroatoms. The molecule has 92 valence electrons. The number of aromatic nitrogens is 5. The second kappa shape index (κ2) is 4.89. The zero-order chi connectivity index (χ0) is 13.1. The van der Waals surface area contributed by atoms with Crippen molar-refractivity contribution in [2.75, 3.05) is 0 Å². The Balaban J connectivity index is 2.15. The zero-order valence-electron chi connectivity index (χ0n) is 10.4. The molecule has 0 aliphatic heterocycles. The van der Waals surface area contributed by atoms with Gasteiger partial charge in [-0.3, -0.25) is 4.98 Å². The van der Waals surface area contributed by atoms with Gasteiger partial charge in [-0.05, 0) is 36.8 Å². The maximum atomic E-state index is 4.42. The van der Waals surface area contributed by atoms with E-state index in [0.717, 1.165) is 16.8 Å². The molecule has 0 amide bonds. The quantitative estimate of drug-likeness (QED) is 0.697. The lowest BCUT2D eigenvalue weighted by molar-refractivity contribution is 0.989. The molecule has 3 aromatic rings. The SMILES string of the molecule is Cc1ccc(-c2ccnnc2-c2cccnn2)nc1. The van der Waals surface area contributed by atoms with Crippen molar-refractivity contribution >= 4 is 0 Å². The molecule has 0 aliphatic rings. The van der Waals surface area contributed by atoms with Crippen LogP contribution in [0.4, 0.5) is 0 Å². The Morgan fingerprint density at radius 3 is 2.47 bits per heavy atom. The van der Waals surface area contributed by atoms with E-state index in [-0.39, 0.29) is 0 Å². The van der Waals surface area contributed by atoms with Crippen LogP contribution >= 0.6 is 0 Å². The minimum absolute atomic E-state index is 0.687. The van der Waals surface area contributed by atoms with Crippen molar-refractivity contribution < 1.29 is 0 Å². The standard InChI is InChI=1S/C14H11N5/c1-10-4-5-12(15-9-10)11-6-8-17-19-14(11)13-3-2-7-16-18-13/h2-9H,1H3. The molecule has 0 aliphatic carbocycles. The van der Waals surface area contributed by atoms with Gasteiger partial charge in [0.15, 0.2) is 0 Å². The van der Waals surface area contributed by atoms with Crippen molar-refractivity contribution in [3.8, 4) is 22.6 Å². The summed E-state index contributed by atoms with van der Waals surface area (Å²) in [6, 6.07) is 9.54. The normalized spacial score (nSPS) is 10.4. The summed E-state index contributed by atoms with van der Waals surface area (Å²) in [7, 11) is 0. The molecule has 0 saturated carbocycles. The Bertz CT molecular complexity index is 680. The van der Waals surface area contributed by atoms with Gasteiger partial charge in [0.2, 0.25) is 0 Å². The summed E-state index contributed by atoms with van der Waals surface area (Å²) in [5.41, 5.74) is 4.24. The Morgan fingerprint density at radius 2 is 1.74 bits per heavy atom.